The van der Waals surface area contributed by atoms with E-state index in [1.54, 1.807) is 18.2 Å². The molecule has 9 heteroatoms. The Bertz CT molecular complexity index is 1220. The molecule has 1 amide bonds. The van der Waals surface area contributed by atoms with Crippen LogP contribution < -0.4 is 14.8 Å². The standard InChI is InChI=1S/C20H12ClFN2O4S/c21-14-9-17-18(28-11-20(25)23-17)10-19(14)29(26,27)24-16-8-13(6-7-15(16)22)12-4-2-1-3-5-12/h2,4-10,24H,11H2,(H,23,25). The number of carbonyl (C=O) groups is 1. The third kappa shape index (κ3) is 3.83. The van der Waals surface area contributed by atoms with E-state index in [0.717, 1.165) is 11.6 Å². The molecule has 4 rings (SSSR count). The van der Waals surface area contributed by atoms with Crippen molar-refractivity contribution in [2.24, 2.45) is 0 Å². The van der Waals surface area contributed by atoms with E-state index in [9.17, 15) is 17.6 Å². The van der Waals surface area contributed by atoms with Gasteiger partial charge in [-0.15, -0.1) is 0 Å². The van der Waals surface area contributed by atoms with Crippen molar-refractivity contribution in [2.45, 2.75) is 4.90 Å². The van der Waals surface area contributed by atoms with Gasteiger partial charge in [-0.25, -0.2) is 12.8 Å². The van der Waals surface area contributed by atoms with Crippen molar-refractivity contribution in [3.05, 3.63) is 71.5 Å². The molecular formula is C20H12ClFN2O4S. The summed E-state index contributed by atoms with van der Waals surface area (Å²) in [6.07, 6.45) is 0. The third-order valence-corrected chi connectivity index (χ3v) is 5.99. The first-order chi connectivity index (χ1) is 13.8. The number of nitrogens with one attached hydrogen (secondary N) is 2. The fourth-order valence-electron chi connectivity index (χ4n) is 2.80. The van der Waals surface area contributed by atoms with Crippen LogP contribution in [0.5, 0.6) is 5.75 Å². The van der Waals surface area contributed by atoms with Gasteiger partial charge in [0.25, 0.3) is 15.9 Å². The Kier molecular flexibility index (Phi) is 4.78. The normalized spacial score (nSPS) is 13.0. The number of hydrogen-bond donors (Lipinski definition) is 2. The lowest BCUT2D eigenvalue weighted by Crippen LogP contribution is -2.26. The largest absolute Gasteiger partial charge is 0.482 e. The summed E-state index contributed by atoms with van der Waals surface area (Å²) in [6, 6.07) is 17.1. The Labute approximate surface area is 171 Å². The van der Waals surface area contributed by atoms with Crippen molar-refractivity contribution in [3.63, 3.8) is 0 Å². The Morgan fingerprint density at radius 2 is 1.97 bits per heavy atom. The summed E-state index contributed by atoms with van der Waals surface area (Å²) in [5.41, 5.74) is 1.34. The third-order valence-electron chi connectivity index (χ3n) is 4.16. The van der Waals surface area contributed by atoms with E-state index in [1.807, 2.05) is 0 Å². The lowest BCUT2D eigenvalue weighted by molar-refractivity contribution is -0.118. The van der Waals surface area contributed by atoms with Gasteiger partial charge in [0.15, 0.2) is 6.61 Å². The maximum Gasteiger partial charge on any atom is 0.263 e. The van der Waals surface area contributed by atoms with Crippen LogP contribution in [0.4, 0.5) is 15.8 Å². The van der Waals surface area contributed by atoms with E-state index >= 15 is 0 Å². The minimum absolute atomic E-state index is 0.146. The Hall–Kier alpha value is -3.28. The Balaban J connectivity index is 1.70. The molecule has 2 N–H and O–H groups in total. The number of fused-ring (bicyclic) bond motifs is 1. The minimum Gasteiger partial charge on any atom is -0.482 e. The van der Waals surface area contributed by atoms with Crippen LogP contribution in [-0.4, -0.2) is 20.9 Å². The molecule has 1 heterocycles. The maximum absolute atomic E-state index is 14.3. The predicted octanol–water partition coefficient (Wildman–Crippen LogP) is 3.88. The number of rotatable bonds is 4. The zero-order valence-corrected chi connectivity index (χ0v) is 16.2. The van der Waals surface area contributed by atoms with Gasteiger partial charge < -0.3 is 10.1 Å². The van der Waals surface area contributed by atoms with Crippen LogP contribution in [0.25, 0.3) is 11.1 Å². The number of ether oxygens (including phenoxy) is 1. The predicted molar refractivity (Wildman–Crippen MR) is 106 cm³/mol. The first-order valence-electron chi connectivity index (χ1n) is 8.30. The molecule has 0 aromatic heterocycles. The number of benzene rings is 2. The second kappa shape index (κ2) is 7.28. The fraction of sp³-hybridized carbons (Fsp3) is 0.0500. The SMILES string of the molecule is O=C1COc2cc(S(=O)(=O)Nc3cc(-c4cc#ccc4)ccc3F)c(Cl)cc2N1. The summed E-state index contributed by atoms with van der Waals surface area (Å²) in [7, 11) is -4.24. The topological polar surface area (TPSA) is 84.5 Å². The molecule has 3 aromatic carbocycles. The maximum atomic E-state index is 14.3. The molecule has 1 aliphatic rings. The molecule has 0 saturated carbocycles. The lowest BCUT2D eigenvalue weighted by Gasteiger charge is -2.20. The van der Waals surface area contributed by atoms with Crippen LogP contribution in [0.15, 0.2) is 53.4 Å². The highest BCUT2D eigenvalue weighted by Gasteiger charge is 2.25. The van der Waals surface area contributed by atoms with E-state index in [-0.39, 0.29) is 39.6 Å². The van der Waals surface area contributed by atoms with Crippen molar-refractivity contribution in [2.75, 3.05) is 16.6 Å². The van der Waals surface area contributed by atoms with Crippen molar-refractivity contribution in [1.29, 1.82) is 0 Å². The summed E-state index contributed by atoms with van der Waals surface area (Å²) in [6.45, 7) is -0.246. The Morgan fingerprint density at radius 3 is 2.72 bits per heavy atom. The highest BCUT2D eigenvalue weighted by molar-refractivity contribution is 7.92. The quantitative estimate of drug-likeness (QED) is 0.658. The van der Waals surface area contributed by atoms with Gasteiger partial charge in [0, 0.05) is 6.07 Å². The molecule has 146 valence electrons. The van der Waals surface area contributed by atoms with Crippen molar-refractivity contribution in [3.8, 4) is 16.9 Å². The summed E-state index contributed by atoms with van der Waals surface area (Å²) in [4.78, 5) is 11.1. The molecule has 6 nitrogen and oxygen atoms in total. The number of sulfonamides is 1. The smallest absolute Gasteiger partial charge is 0.263 e. The average molecular weight is 431 g/mol. The fourth-order valence-corrected chi connectivity index (χ4v) is 4.40. The molecule has 0 fully saturated rings. The van der Waals surface area contributed by atoms with E-state index < -0.39 is 15.8 Å². The molecule has 1 aliphatic heterocycles. The van der Waals surface area contributed by atoms with Gasteiger partial charge in [-0.05, 0) is 47.5 Å². The van der Waals surface area contributed by atoms with Crippen LogP contribution in [0.1, 0.15) is 0 Å². The van der Waals surface area contributed by atoms with Gasteiger partial charge in [-0.2, -0.15) is 0 Å². The van der Waals surface area contributed by atoms with Crippen molar-refractivity contribution in [1.82, 2.24) is 0 Å². The monoisotopic (exact) mass is 430 g/mol. The van der Waals surface area contributed by atoms with E-state index in [2.05, 4.69) is 22.2 Å². The van der Waals surface area contributed by atoms with Gasteiger partial charge in [-0.3, -0.25) is 9.52 Å². The zero-order chi connectivity index (χ0) is 20.6. The summed E-state index contributed by atoms with van der Waals surface area (Å²) in [5, 5.41) is 2.39. The van der Waals surface area contributed by atoms with Crippen LogP contribution in [0.3, 0.4) is 0 Å². The summed E-state index contributed by atoms with van der Waals surface area (Å²) in [5.74, 6) is -0.974. The van der Waals surface area contributed by atoms with Gasteiger partial charge in [0.1, 0.15) is 16.5 Å². The van der Waals surface area contributed by atoms with Crippen LogP contribution in [-0.2, 0) is 14.8 Å². The molecule has 3 aromatic rings. The summed E-state index contributed by atoms with van der Waals surface area (Å²) >= 11 is 6.10. The zero-order valence-electron chi connectivity index (χ0n) is 14.6. The van der Waals surface area contributed by atoms with E-state index in [4.69, 9.17) is 16.3 Å². The first kappa shape index (κ1) is 19.1. The minimum atomic E-state index is -4.24. The Morgan fingerprint density at radius 1 is 1.14 bits per heavy atom. The molecular weight excluding hydrogens is 419 g/mol. The van der Waals surface area contributed by atoms with E-state index in [1.165, 1.54) is 24.3 Å². The second-order valence-electron chi connectivity index (χ2n) is 6.14. The van der Waals surface area contributed by atoms with Crippen LogP contribution in [0.2, 0.25) is 5.02 Å². The number of amides is 1. The molecule has 0 aliphatic carbocycles. The van der Waals surface area contributed by atoms with Gasteiger partial charge in [-0.1, -0.05) is 29.8 Å². The highest BCUT2D eigenvalue weighted by atomic mass is 35.5. The molecule has 0 atom stereocenters. The number of hydrogen-bond acceptors (Lipinski definition) is 4. The lowest BCUT2D eigenvalue weighted by atomic mass is 10.1. The first-order valence-corrected chi connectivity index (χ1v) is 10.2. The number of carbonyl (C=O) groups excluding carboxylic acids is 1. The van der Waals surface area contributed by atoms with Gasteiger partial charge in [0.05, 0.1) is 16.4 Å². The molecule has 0 bridgehead atoms. The van der Waals surface area contributed by atoms with Crippen LogP contribution in [0, 0.1) is 17.9 Å². The molecule has 0 radical (unpaired) electrons. The molecule has 29 heavy (non-hydrogen) atoms. The second-order valence-corrected chi connectivity index (χ2v) is 8.20. The average Bonchev–Trinajstić information content (AvgIpc) is 2.69. The highest BCUT2D eigenvalue weighted by Crippen LogP contribution is 2.36. The molecule has 0 saturated heterocycles. The van der Waals surface area contributed by atoms with Gasteiger partial charge in [0.2, 0.25) is 0 Å². The molecule has 0 spiro atoms. The number of halogens is 2. The molecule has 0 unspecified atom stereocenters. The van der Waals surface area contributed by atoms with Crippen molar-refractivity contribution >= 4 is 38.9 Å². The summed E-state index contributed by atoms with van der Waals surface area (Å²) < 4.78 is 47.5. The number of anilines is 2. The van der Waals surface area contributed by atoms with Gasteiger partial charge >= 0.3 is 0 Å². The van der Waals surface area contributed by atoms with Crippen LogP contribution >= 0.6 is 11.6 Å². The van der Waals surface area contributed by atoms with E-state index in [0.29, 0.717) is 5.56 Å². The van der Waals surface area contributed by atoms with Crippen molar-refractivity contribution < 1.29 is 22.3 Å².